The molecular weight excluding hydrogens is 315 g/mol. The van der Waals surface area contributed by atoms with E-state index in [0.29, 0.717) is 12.5 Å². The van der Waals surface area contributed by atoms with E-state index in [1.165, 1.54) is 18.2 Å². The third-order valence-corrected chi connectivity index (χ3v) is 4.15. The summed E-state index contributed by atoms with van der Waals surface area (Å²) >= 11 is 0. The molecule has 1 aromatic carbocycles. The van der Waals surface area contributed by atoms with Crippen molar-refractivity contribution in [2.75, 3.05) is 0 Å². The Kier molecular flexibility index (Phi) is 6.62. The number of alkyl halides is 3. The second-order valence-electron chi connectivity index (χ2n) is 5.92. The van der Waals surface area contributed by atoms with Crippen LogP contribution in [-0.4, -0.2) is 6.10 Å². The summed E-state index contributed by atoms with van der Waals surface area (Å²) in [5.74, 6) is 0.499. The highest BCUT2D eigenvalue weighted by Gasteiger charge is 2.30. The highest BCUT2D eigenvalue weighted by Crippen LogP contribution is 2.30. The lowest BCUT2D eigenvalue weighted by molar-refractivity contribution is -0.137. The number of hydrogen-bond acceptors (Lipinski definition) is 2. The smallest absolute Gasteiger partial charge is 0.374 e. The van der Waals surface area contributed by atoms with Crippen LogP contribution in [0.1, 0.15) is 36.8 Å². The van der Waals surface area contributed by atoms with Crippen molar-refractivity contribution in [1.29, 1.82) is 5.26 Å². The summed E-state index contributed by atoms with van der Waals surface area (Å²) < 4.78 is 43.3. The number of halogens is 3. The van der Waals surface area contributed by atoms with Crippen LogP contribution in [0.5, 0.6) is 0 Å². The Bertz CT molecular complexity index is 603. The second-order valence-corrected chi connectivity index (χ2v) is 5.92. The highest BCUT2D eigenvalue weighted by atomic mass is 19.4. The topological polar surface area (TPSA) is 33.0 Å². The van der Waals surface area contributed by atoms with Gasteiger partial charge in [0.2, 0.25) is 0 Å². The standard InChI is InChI=1S/C19H20F3NO/c20-19(21,22)17-9-5-16(6-10-17)14-24-18-11-7-15(8-12-18)4-2-1-3-13-23/h1-6,9-10,15,18H,7-8,11-12,14H2/b3-1+,4-2+. The zero-order valence-electron chi connectivity index (χ0n) is 13.3. The van der Waals surface area contributed by atoms with Gasteiger partial charge in [0.25, 0.3) is 0 Å². The quantitative estimate of drug-likeness (QED) is 0.532. The summed E-state index contributed by atoms with van der Waals surface area (Å²) in [7, 11) is 0. The van der Waals surface area contributed by atoms with Crippen LogP contribution in [0, 0.1) is 17.2 Å². The molecule has 1 aliphatic rings. The van der Waals surface area contributed by atoms with Crippen molar-refractivity contribution in [2.24, 2.45) is 5.92 Å². The van der Waals surface area contributed by atoms with Crippen LogP contribution in [0.15, 0.2) is 48.6 Å². The largest absolute Gasteiger partial charge is 0.416 e. The molecule has 2 rings (SSSR count). The van der Waals surface area contributed by atoms with Crippen LogP contribution in [-0.2, 0) is 17.5 Å². The normalized spacial score (nSPS) is 22.1. The molecule has 5 heteroatoms. The van der Waals surface area contributed by atoms with Gasteiger partial charge in [0, 0.05) is 6.08 Å². The van der Waals surface area contributed by atoms with Crippen LogP contribution < -0.4 is 0 Å². The van der Waals surface area contributed by atoms with E-state index in [9.17, 15) is 13.2 Å². The minimum atomic E-state index is -4.30. The molecule has 0 amide bonds. The van der Waals surface area contributed by atoms with Crippen molar-refractivity contribution in [3.8, 4) is 6.07 Å². The zero-order chi connectivity index (χ0) is 17.4. The number of benzene rings is 1. The molecule has 0 spiro atoms. The number of rotatable bonds is 5. The van der Waals surface area contributed by atoms with Crippen molar-refractivity contribution in [3.05, 3.63) is 59.7 Å². The molecule has 0 heterocycles. The Morgan fingerprint density at radius 3 is 2.33 bits per heavy atom. The molecule has 0 aromatic heterocycles. The van der Waals surface area contributed by atoms with Crippen molar-refractivity contribution in [1.82, 2.24) is 0 Å². The predicted molar refractivity (Wildman–Crippen MR) is 85.9 cm³/mol. The number of nitriles is 1. The minimum Gasteiger partial charge on any atom is -0.374 e. The first-order valence-electron chi connectivity index (χ1n) is 7.99. The predicted octanol–water partition coefficient (Wildman–Crippen LogP) is 5.42. The molecule has 128 valence electrons. The average Bonchev–Trinajstić information content (AvgIpc) is 2.57. The van der Waals surface area contributed by atoms with E-state index in [1.807, 2.05) is 12.1 Å². The Balaban J connectivity index is 1.74. The van der Waals surface area contributed by atoms with Gasteiger partial charge in [-0.05, 0) is 49.3 Å². The zero-order valence-corrected chi connectivity index (χ0v) is 13.3. The van der Waals surface area contributed by atoms with Crippen molar-refractivity contribution in [2.45, 2.75) is 44.6 Å². The van der Waals surface area contributed by atoms with E-state index in [2.05, 4.69) is 6.08 Å². The van der Waals surface area contributed by atoms with E-state index in [1.54, 1.807) is 6.08 Å². The van der Waals surface area contributed by atoms with Gasteiger partial charge < -0.3 is 4.74 Å². The van der Waals surface area contributed by atoms with E-state index in [4.69, 9.17) is 10.00 Å². The highest BCUT2D eigenvalue weighted by molar-refractivity contribution is 5.24. The molecule has 1 fully saturated rings. The first-order chi connectivity index (χ1) is 11.5. The van der Waals surface area contributed by atoms with Crippen molar-refractivity contribution in [3.63, 3.8) is 0 Å². The molecule has 0 bridgehead atoms. The van der Waals surface area contributed by atoms with Gasteiger partial charge in [-0.2, -0.15) is 18.4 Å². The monoisotopic (exact) mass is 335 g/mol. The SMILES string of the molecule is N#C/C=C/C=C/C1CCC(OCc2ccc(C(F)(F)F)cc2)CC1. The molecule has 0 unspecified atom stereocenters. The first-order valence-corrected chi connectivity index (χ1v) is 7.99. The Labute approximate surface area is 140 Å². The van der Waals surface area contributed by atoms with Crippen LogP contribution >= 0.6 is 0 Å². The fourth-order valence-corrected chi connectivity index (χ4v) is 2.77. The maximum atomic E-state index is 12.5. The van der Waals surface area contributed by atoms with Crippen LogP contribution in [0.2, 0.25) is 0 Å². The van der Waals surface area contributed by atoms with E-state index in [-0.39, 0.29) is 6.10 Å². The van der Waals surface area contributed by atoms with Gasteiger partial charge in [0.1, 0.15) is 0 Å². The maximum absolute atomic E-state index is 12.5. The van der Waals surface area contributed by atoms with Gasteiger partial charge in [-0.3, -0.25) is 0 Å². The van der Waals surface area contributed by atoms with E-state index < -0.39 is 11.7 Å². The minimum absolute atomic E-state index is 0.159. The van der Waals surface area contributed by atoms with Gasteiger partial charge >= 0.3 is 6.18 Å². The summed E-state index contributed by atoms with van der Waals surface area (Å²) in [6.07, 6.45) is 6.97. The summed E-state index contributed by atoms with van der Waals surface area (Å²) in [6, 6.07) is 7.07. The fraction of sp³-hybridized carbons (Fsp3) is 0.421. The molecule has 0 saturated heterocycles. The van der Waals surface area contributed by atoms with E-state index >= 15 is 0 Å². The third-order valence-electron chi connectivity index (χ3n) is 4.15. The second kappa shape index (κ2) is 8.70. The fourth-order valence-electron chi connectivity index (χ4n) is 2.77. The van der Waals surface area contributed by atoms with Gasteiger partial charge in [0.05, 0.1) is 24.3 Å². The van der Waals surface area contributed by atoms with Crippen LogP contribution in [0.25, 0.3) is 0 Å². The van der Waals surface area contributed by atoms with Crippen molar-refractivity contribution < 1.29 is 17.9 Å². The molecule has 24 heavy (non-hydrogen) atoms. The Morgan fingerprint density at radius 1 is 1.08 bits per heavy atom. The number of hydrogen-bond donors (Lipinski definition) is 0. The Hall–Kier alpha value is -2.06. The lowest BCUT2D eigenvalue weighted by atomic mass is 9.87. The molecule has 1 aliphatic carbocycles. The van der Waals surface area contributed by atoms with E-state index in [0.717, 1.165) is 43.4 Å². The molecule has 1 saturated carbocycles. The average molecular weight is 335 g/mol. The molecule has 0 N–H and O–H groups in total. The summed E-state index contributed by atoms with van der Waals surface area (Å²) in [5.41, 5.74) is 0.121. The van der Waals surface area contributed by atoms with Gasteiger partial charge in [-0.25, -0.2) is 0 Å². The third kappa shape index (κ3) is 5.86. The van der Waals surface area contributed by atoms with Gasteiger partial charge in [0.15, 0.2) is 0 Å². The summed E-state index contributed by atoms with van der Waals surface area (Å²) in [5, 5.41) is 8.40. The lowest BCUT2D eigenvalue weighted by Gasteiger charge is -2.26. The maximum Gasteiger partial charge on any atom is 0.416 e. The van der Waals surface area contributed by atoms with Crippen LogP contribution in [0.4, 0.5) is 13.2 Å². The Morgan fingerprint density at radius 2 is 1.75 bits per heavy atom. The molecule has 2 nitrogen and oxygen atoms in total. The van der Waals surface area contributed by atoms with Crippen LogP contribution in [0.3, 0.4) is 0 Å². The lowest BCUT2D eigenvalue weighted by Crippen LogP contribution is -2.20. The molecular formula is C19H20F3NO. The summed E-state index contributed by atoms with van der Waals surface area (Å²) in [6.45, 7) is 0.341. The van der Waals surface area contributed by atoms with Gasteiger partial charge in [-0.1, -0.05) is 30.4 Å². The number of allylic oxidation sites excluding steroid dienone is 4. The number of ether oxygens (including phenoxy) is 1. The van der Waals surface area contributed by atoms with Crippen molar-refractivity contribution >= 4 is 0 Å². The van der Waals surface area contributed by atoms with Gasteiger partial charge in [-0.15, -0.1) is 0 Å². The molecule has 0 radical (unpaired) electrons. The molecule has 1 aromatic rings. The summed E-state index contributed by atoms with van der Waals surface area (Å²) in [4.78, 5) is 0. The number of nitrogens with zero attached hydrogens (tertiary/aromatic N) is 1. The molecule has 0 aliphatic heterocycles. The first kappa shape index (κ1) is 18.3. The molecule has 0 atom stereocenters.